The highest BCUT2D eigenvalue weighted by Gasteiger charge is 2.23. The topological polar surface area (TPSA) is 93.1 Å². The van der Waals surface area contributed by atoms with E-state index in [-0.39, 0.29) is 11.5 Å². The number of hydrogen-bond donors (Lipinski definition) is 2. The van der Waals surface area contributed by atoms with Crippen LogP contribution in [0.2, 0.25) is 0 Å². The van der Waals surface area contributed by atoms with E-state index in [1.165, 1.54) is 0 Å². The van der Waals surface area contributed by atoms with Crippen molar-refractivity contribution in [2.24, 2.45) is 0 Å². The van der Waals surface area contributed by atoms with E-state index in [1.54, 1.807) is 76.2 Å². The summed E-state index contributed by atoms with van der Waals surface area (Å²) in [5.41, 5.74) is 1.11. The number of benzene rings is 2. The van der Waals surface area contributed by atoms with Gasteiger partial charge in [0.15, 0.2) is 9.84 Å². The molecule has 0 fully saturated rings. The van der Waals surface area contributed by atoms with Gasteiger partial charge in [0, 0.05) is 0 Å². The molecular weight excluding hydrogens is 368 g/mol. The van der Waals surface area contributed by atoms with E-state index in [9.17, 15) is 8.42 Å². The van der Waals surface area contributed by atoms with E-state index >= 15 is 0 Å². The summed E-state index contributed by atoms with van der Waals surface area (Å²) in [5.74, 6) is -0.165. The van der Waals surface area contributed by atoms with E-state index in [1.807, 2.05) is 0 Å². The minimum absolute atomic E-state index is 0.0827. The standard InChI is InChI=1S/C20H26O6S/c1-19(2,25-21)17-9-5-15(6-10-17)13-27(23,24)14-16-7-11-18(12-8-16)20(3,4)26-22/h5-12,21-22H,13-14H2,1-4H3. The highest BCUT2D eigenvalue weighted by atomic mass is 32.2. The average Bonchev–Trinajstić information content (AvgIpc) is 2.62. The maximum Gasteiger partial charge on any atom is 0.158 e. The van der Waals surface area contributed by atoms with Crippen LogP contribution in [0.3, 0.4) is 0 Å². The van der Waals surface area contributed by atoms with Gasteiger partial charge in [0.1, 0.15) is 11.2 Å². The van der Waals surface area contributed by atoms with E-state index in [4.69, 9.17) is 10.5 Å². The molecule has 0 aliphatic rings. The smallest absolute Gasteiger partial charge is 0.158 e. The first-order chi connectivity index (χ1) is 12.5. The second-order valence-electron chi connectivity index (χ2n) is 7.63. The lowest BCUT2D eigenvalue weighted by Gasteiger charge is -2.21. The third kappa shape index (κ3) is 5.60. The van der Waals surface area contributed by atoms with Crippen LogP contribution in [0.5, 0.6) is 0 Å². The number of hydrogen-bond acceptors (Lipinski definition) is 6. The molecule has 2 aromatic rings. The molecule has 0 heterocycles. The Kier molecular flexibility index (Phi) is 6.44. The summed E-state index contributed by atoms with van der Waals surface area (Å²) in [7, 11) is -3.36. The molecule has 2 rings (SSSR count). The zero-order chi connectivity index (χ0) is 20.3. The fraction of sp³-hybridized carbons (Fsp3) is 0.400. The summed E-state index contributed by atoms with van der Waals surface area (Å²) in [4.78, 5) is 8.88. The zero-order valence-electron chi connectivity index (χ0n) is 16.0. The van der Waals surface area contributed by atoms with Gasteiger partial charge in [-0.3, -0.25) is 10.5 Å². The van der Waals surface area contributed by atoms with Crippen LogP contribution in [0.15, 0.2) is 48.5 Å². The van der Waals surface area contributed by atoms with E-state index in [0.29, 0.717) is 11.1 Å². The summed E-state index contributed by atoms with van der Waals surface area (Å²) in [5, 5.41) is 17.9. The van der Waals surface area contributed by atoms with Gasteiger partial charge in [-0.2, -0.15) is 0 Å². The van der Waals surface area contributed by atoms with Gasteiger partial charge in [-0.25, -0.2) is 18.2 Å². The Hall–Kier alpha value is -1.77. The summed E-state index contributed by atoms with van der Waals surface area (Å²) < 4.78 is 25.0. The predicted octanol–water partition coefficient (Wildman–Crippen LogP) is 4.25. The Morgan fingerprint density at radius 3 is 1.26 bits per heavy atom. The van der Waals surface area contributed by atoms with Crippen LogP contribution in [-0.2, 0) is 42.3 Å². The molecule has 2 N–H and O–H groups in total. The van der Waals surface area contributed by atoms with Crippen molar-refractivity contribution >= 4 is 9.84 Å². The minimum atomic E-state index is -3.36. The van der Waals surface area contributed by atoms with Gasteiger partial charge < -0.3 is 0 Å². The fourth-order valence-electron chi connectivity index (χ4n) is 2.67. The molecule has 0 aromatic heterocycles. The Morgan fingerprint density at radius 2 is 1.00 bits per heavy atom. The molecule has 0 aliphatic heterocycles. The van der Waals surface area contributed by atoms with Crippen molar-refractivity contribution < 1.29 is 28.7 Å². The van der Waals surface area contributed by atoms with Gasteiger partial charge in [-0.1, -0.05) is 48.5 Å². The van der Waals surface area contributed by atoms with Gasteiger partial charge >= 0.3 is 0 Å². The van der Waals surface area contributed by atoms with Crippen LogP contribution in [0.4, 0.5) is 0 Å². The van der Waals surface area contributed by atoms with Crippen LogP contribution < -0.4 is 0 Å². The molecule has 6 nitrogen and oxygen atoms in total. The third-order valence-electron chi connectivity index (χ3n) is 4.53. The molecule has 7 heteroatoms. The van der Waals surface area contributed by atoms with Gasteiger partial charge in [0.25, 0.3) is 0 Å². The Labute approximate surface area is 160 Å². The Bertz CT molecular complexity index is 785. The zero-order valence-corrected chi connectivity index (χ0v) is 16.8. The summed E-state index contributed by atoms with van der Waals surface area (Å²) >= 11 is 0. The van der Waals surface area contributed by atoms with Gasteiger partial charge in [-0.05, 0) is 49.9 Å². The van der Waals surface area contributed by atoms with Gasteiger partial charge in [0.2, 0.25) is 0 Å². The van der Waals surface area contributed by atoms with E-state index in [0.717, 1.165) is 11.1 Å². The van der Waals surface area contributed by atoms with Crippen molar-refractivity contribution in [3.63, 3.8) is 0 Å². The molecule has 0 spiro atoms. The van der Waals surface area contributed by atoms with Gasteiger partial charge in [0.05, 0.1) is 11.5 Å². The van der Waals surface area contributed by atoms with Gasteiger partial charge in [-0.15, -0.1) is 0 Å². The Morgan fingerprint density at radius 1 is 0.704 bits per heavy atom. The predicted molar refractivity (Wildman–Crippen MR) is 103 cm³/mol. The minimum Gasteiger partial charge on any atom is -0.251 e. The molecule has 148 valence electrons. The van der Waals surface area contributed by atoms with Crippen LogP contribution in [0, 0.1) is 0 Å². The summed E-state index contributed by atoms with van der Waals surface area (Å²) in [6.07, 6.45) is 0. The van der Waals surface area contributed by atoms with E-state index in [2.05, 4.69) is 9.78 Å². The first-order valence-electron chi connectivity index (χ1n) is 8.53. The lowest BCUT2D eigenvalue weighted by Crippen LogP contribution is -2.19. The first kappa shape index (κ1) is 21.5. The second kappa shape index (κ2) is 8.08. The quantitative estimate of drug-likeness (QED) is 0.513. The molecule has 0 saturated carbocycles. The molecule has 0 atom stereocenters. The second-order valence-corrected chi connectivity index (χ2v) is 9.69. The molecule has 0 unspecified atom stereocenters. The van der Waals surface area contributed by atoms with E-state index < -0.39 is 21.0 Å². The fourth-order valence-corrected chi connectivity index (χ4v) is 4.17. The van der Waals surface area contributed by atoms with Crippen molar-refractivity contribution in [3.05, 3.63) is 70.8 Å². The monoisotopic (exact) mass is 394 g/mol. The molecular formula is C20H26O6S. The van der Waals surface area contributed by atoms with Crippen LogP contribution in [-0.4, -0.2) is 18.9 Å². The number of rotatable bonds is 8. The maximum atomic E-state index is 12.5. The maximum absolute atomic E-state index is 12.5. The number of sulfone groups is 1. The molecule has 2 aromatic carbocycles. The van der Waals surface area contributed by atoms with Crippen molar-refractivity contribution in [3.8, 4) is 0 Å². The highest BCUT2D eigenvalue weighted by Crippen LogP contribution is 2.26. The highest BCUT2D eigenvalue weighted by molar-refractivity contribution is 7.89. The molecule has 0 amide bonds. The Balaban J connectivity index is 2.09. The molecule has 0 saturated heterocycles. The van der Waals surface area contributed by atoms with Crippen molar-refractivity contribution in [1.29, 1.82) is 0 Å². The lowest BCUT2D eigenvalue weighted by atomic mass is 9.97. The lowest BCUT2D eigenvalue weighted by molar-refractivity contribution is -0.318. The third-order valence-corrected chi connectivity index (χ3v) is 6.07. The largest absolute Gasteiger partial charge is 0.251 e. The van der Waals surface area contributed by atoms with Crippen molar-refractivity contribution in [2.75, 3.05) is 0 Å². The molecule has 0 radical (unpaired) electrons. The summed E-state index contributed by atoms with van der Waals surface area (Å²) in [6.45, 7) is 6.86. The average molecular weight is 394 g/mol. The van der Waals surface area contributed by atoms with Crippen molar-refractivity contribution in [2.45, 2.75) is 50.4 Å². The normalized spacial score (nSPS) is 13.0. The van der Waals surface area contributed by atoms with Crippen LogP contribution >= 0.6 is 0 Å². The SMILES string of the molecule is CC(C)(OO)c1ccc(CS(=O)(=O)Cc2ccc(C(C)(C)OO)cc2)cc1. The molecule has 27 heavy (non-hydrogen) atoms. The van der Waals surface area contributed by atoms with Crippen LogP contribution in [0.25, 0.3) is 0 Å². The molecule has 0 bridgehead atoms. The first-order valence-corrected chi connectivity index (χ1v) is 10.4. The summed E-state index contributed by atoms with van der Waals surface area (Å²) in [6, 6.07) is 13.9. The molecule has 0 aliphatic carbocycles. The van der Waals surface area contributed by atoms with Crippen molar-refractivity contribution in [1.82, 2.24) is 0 Å². The van der Waals surface area contributed by atoms with Crippen LogP contribution in [0.1, 0.15) is 49.9 Å².